The largest absolute Gasteiger partial charge is 0.296 e. The maximum Gasteiger partial charge on any atom is 0.296 e. The number of nitrogens with zero attached hydrogens (tertiary/aromatic N) is 2. The zero-order valence-corrected chi connectivity index (χ0v) is 12.5. The molecule has 0 aliphatic rings. The van der Waals surface area contributed by atoms with E-state index in [-0.39, 0.29) is 10.2 Å². The minimum Gasteiger partial charge on any atom is -0.265 e. The number of hydrogen-bond donors (Lipinski definition) is 0. The SMILES string of the molecule is CCCCS(=O)(=O)n1ncc(Br)c(Br)c1=O. The van der Waals surface area contributed by atoms with Crippen molar-refractivity contribution in [2.45, 2.75) is 19.8 Å². The molecule has 1 aromatic rings. The Morgan fingerprint density at radius 3 is 2.62 bits per heavy atom. The maximum atomic E-state index is 11.7. The van der Waals surface area contributed by atoms with Gasteiger partial charge >= 0.3 is 0 Å². The monoisotopic (exact) mass is 372 g/mol. The molecule has 0 aliphatic carbocycles. The summed E-state index contributed by atoms with van der Waals surface area (Å²) in [7, 11) is -3.65. The maximum absolute atomic E-state index is 11.7. The Hall–Kier alpha value is -0.210. The second-order valence-electron chi connectivity index (χ2n) is 3.12. The summed E-state index contributed by atoms with van der Waals surface area (Å²) < 4.78 is 24.6. The molecule has 0 fully saturated rings. The van der Waals surface area contributed by atoms with Gasteiger partial charge in [-0.15, -0.1) is 4.09 Å². The van der Waals surface area contributed by atoms with Gasteiger partial charge < -0.3 is 0 Å². The van der Waals surface area contributed by atoms with E-state index >= 15 is 0 Å². The van der Waals surface area contributed by atoms with Gasteiger partial charge in [-0.25, -0.2) is 8.42 Å². The summed E-state index contributed by atoms with van der Waals surface area (Å²) in [6, 6.07) is 0. The third-order valence-electron chi connectivity index (χ3n) is 1.87. The first-order chi connectivity index (χ1) is 7.40. The minimum atomic E-state index is -3.65. The van der Waals surface area contributed by atoms with Crippen LogP contribution in [0.1, 0.15) is 19.8 Å². The highest BCUT2D eigenvalue weighted by molar-refractivity contribution is 9.13. The number of halogens is 2. The Morgan fingerprint density at radius 1 is 1.44 bits per heavy atom. The molecule has 0 radical (unpaired) electrons. The molecule has 0 aromatic carbocycles. The van der Waals surface area contributed by atoms with Crippen LogP contribution in [0.5, 0.6) is 0 Å². The van der Waals surface area contributed by atoms with Crippen LogP contribution < -0.4 is 5.56 Å². The topological polar surface area (TPSA) is 69.0 Å². The smallest absolute Gasteiger partial charge is 0.265 e. The van der Waals surface area contributed by atoms with Crippen molar-refractivity contribution < 1.29 is 8.42 Å². The summed E-state index contributed by atoms with van der Waals surface area (Å²) in [6.07, 6.45) is 2.52. The average Bonchev–Trinajstić information content (AvgIpc) is 2.23. The van der Waals surface area contributed by atoms with Crippen LogP contribution in [0.25, 0.3) is 0 Å². The van der Waals surface area contributed by atoms with Gasteiger partial charge in [-0.05, 0) is 38.3 Å². The van der Waals surface area contributed by atoms with Crippen molar-refractivity contribution in [1.82, 2.24) is 9.19 Å². The van der Waals surface area contributed by atoms with E-state index in [0.717, 1.165) is 6.42 Å². The van der Waals surface area contributed by atoms with Crippen molar-refractivity contribution in [3.63, 3.8) is 0 Å². The minimum absolute atomic E-state index is 0.0789. The molecule has 0 saturated heterocycles. The molecule has 90 valence electrons. The highest BCUT2D eigenvalue weighted by Crippen LogP contribution is 2.16. The van der Waals surface area contributed by atoms with Gasteiger partial charge in [0.1, 0.15) is 4.47 Å². The van der Waals surface area contributed by atoms with Gasteiger partial charge in [0.15, 0.2) is 0 Å². The second kappa shape index (κ2) is 5.42. The fourth-order valence-corrected chi connectivity index (χ4v) is 3.02. The molecule has 5 nitrogen and oxygen atoms in total. The molecule has 1 heterocycles. The first-order valence-corrected chi connectivity index (χ1v) is 7.76. The quantitative estimate of drug-likeness (QED) is 0.806. The molecule has 16 heavy (non-hydrogen) atoms. The van der Waals surface area contributed by atoms with Gasteiger partial charge in [0.25, 0.3) is 15.6 Å². The lowest BCUT2D eigenvalue weighted by atomic mass is 10.4. The number of rotatable bonds is 4. The van der Waals surface area contributed by atoms with Crippen molar-refractivity contribution in [2.24, 2.45) is 0 Å². The molecule has 0 amide bonds. The van der Waals surface area contributed by atoms with E-state index < -0.39 is 15.6 Å². The normalized spacial score (nSPS) is 11.7. The molecule has 0 spiro atoms. The van der Waals surface area contributed by atoms with E-state index in [1.165, 1.54) is 6.20 Å². The third kappa shape index (κ3) is 2.92. The summed E-state index contributed by atoms with van der Waals surface area (Å²) in [5.41, 5.74) is -0.675. The Balaban J connectivity index is 3.25. The molecular weight excluding hydrogens is 364 g/mol. The van der Waals surface area contributed by atoms with Gasteiger partial charge in [-0.1, -0.05) is 13.3 Å². The number of hydrogen-bond acceptors (Lipinski definition) is 4. The summed E-state index contributed by atoms with van der Waals surface area (Å²) in [4.78, 5) is 11.6. The first kappa shape index (κ1) is 13.9. The fraction of sp³-hybridized carbons (Fsp3) is 0.500. The van der Waals surface area contributed by atoms with Crippen LogP contribution in [0.15, 0.2) is 19.9 Å². The Labute approximate surface area is 110 Å². The van der Waals surface area contributed by atoms with Gasteiger partial charge in [0.2, 0.25) is 0 Å². The molecule has 0 aliphatic heterocycles. The lowest BCUT2D eigenvalue weighted by Gasteiger charge is -2.06. The van der Waals surface area contributed by atoms with E-state index in [9.17, 15) is 13.2 Å². The van der Waals surface area contributed by atoms with Gasteiger partial charge in [0.05, 0.1) is 16.4 Å². The summed E-state index contributed by atoms with van der Waals surface area (Å²) in [5.74, 6) is -0.0789. The van der Waals surface area contributed by atoms with Crippen molar-refractivity contribution >= 4 is 41.9 Å². The average molecular weight is 374 g/mol. The zero-order chi connectivity index (χ0) is 12.3. The molecule has 8 heteroatoms. The van der Waals surface area contributed by atoms with Gasteiger partial charge in [-0.2, -0.15) is 5.10 Å². The van der Waals surface area contributed by atoms with Crippen molar-refractivity contribution in [3.05, 3.63) is 25.5 Å². The predicted octanol–water partition coefficient (Wildman–Crippen LogP) is 1.75. The summed E-state index contributed by atoms with van der Waals surface area (Å²) in [5, 5.41) is 3.60. The summed E-state index contributed by atoms with van der Waals surface area (Å²) >= 11 is 6.09. The zero-order valence-electron chi connectivity index (χ0n) is 8.48. The van der Waals surface area contributed by atoms with E-state index in [1.54, 1.807) is 0 Å². The molecule has 0 N–H and O–H groups in total. The van der Waals surface area contributed by atoms with Crippen LogP contribution in [0, 0.1) is 0 Å². The van der Waals surface area contributed by atoms with Crippen LogP contribution in [-0.2, 0) is 10.0 Å². The Kier molecular flexibility index (Phi) is 4.69. The van der Waals surface area contributed by atoms with E-state index in [1.807, 2.05) is 6.92 Å². The van der Waals surface area contributed by atoms with Crippen LogP contribution in [0.4, 0.5) is 0 Å². The fourth-order valence-electron chi connectivity index (χ4n) is 1.01. The molecule has 0 saturated carbocycles. The number of aromatic nitrogens is 2. The highest BCUT2D eigenvalue weighted by atomic mass is 79.9. The van der Waals surface area contributed by atoms with E-state index in [4.69, 9.17) is 0 Å². The molecule has 0 atom stereocenters. The van der Waals surface area contributed by atoms with Crippen molar-refractivity contribution in [1.29, 1.82) is 0 Å². The lowest BCUT2D eigenvalue weighted by molar-refractivity contribution is 0.571. The van der Waals surface area contributed by atoms with E-state index in [2.05, 4.69) is 37.0 Å². The van der Waals surface area contributed by atoms with Gasteiger partial charge in [-0.3, -0.25) is 4.79 Å². The third-order valence-corrected chi connectivity index (χ3v) is 5.36. The number of unbranched alkanes of at least 4 members (excludes halogenated alkanes) is 1. The van der Waals surface area contributed by atoms with Gasteiger partial charge in [0, 0.05) is 0 Å². The van der Waals surface area contributed by atoms with E-state index in [0.29, 0.717) is 15.0 Å². The predicted molar refractivity (Wildman–Crippen MR) is 68.0 cm³/mol. The molecule has 0 unspecified atom stereocenters. The van der Waals surface area contributed by atoms with Crippen molar-refractivity contribution in [2.75, 3.05) is 5.75 Å². The van der Waals surface area contributed by atoms with Crippen LogP contribution in [0.2, 0.25) is 0 Å². The molecule has 1 rings (SSSR count). The highest BCUT2D eigenvalue weighted by Gasteiger charge is 2.18. The molecule has 0 bridgehead atoms. The second-order valence-corrected chi connectivity index (χ2v) is 6.69. The van der Waals surface area contributed by atoms with Crippen LogP contribution >= 0.6 is 31.9 Å². The lowest BCUT2D eigenvalue weighted by Crippen LogP contribution is -2.32. The first-order valence-electron chi connectivity index (χ1n) is 4.56. The Morgan fingerprint density at radius 2 is 2.06 bits per heavy atom. The summed E-state index contributed by atoms with van der Waals surface area (Å²) in [6.45, 7) is 1.88. The molecular formula is C8H10Br2N2O3S. The van der Waals surface area contributed by atoms with Crippen LogP contribution in [0.3, 0.4) is 0 Å². The van der Waals surface area contributed by atoms with Crippen molar-refractivity contribution in [3.8, 4) is 0 Å². The molecule has 1 aromatic heterocycles. The van der Waals surface area contributed by atoms with Crippen LogP contribution in [-0.4, -0.2) is 23.4 Å². The standard InChI is InChI=1S/C8H10Br2N2O3S/c1-2-3-4-16(14,15)12-8(13)7(10)6(9)5-11-12/h5H,2-4H2,1H3. The Bertz CT molecular complexity index is 539.